The minimum atomic E-state index is -0.602. The third kappa shape index (κ3) is 5.16. The molecule has 1 amide bonds. The molecule has 1 aromatic rings. The van der Waals surface area contributed by atoms with Crippen molar-refractivity contribution in [1.29, 1.82) is 0 Å². The van der Waals surface area contributed by atoms with E-state index in [1.165, 1.54) is 0 Å². The average Bonchev–Trinajstić information content (AvgIpc) is 2.53. The van der Waals surface area contributed by atoms with E-state index in [1.807, 2.05) is 0 Å². The molecule has 0 bridgehead atoms. The summed E-state index contributed by atoms with van der Waals surface area (Å²) < 4.78 is 5.26. The predicted molar refractivity (Wildman–Crippen MR) is 98.4 cm³/mol. The van der Waals surface area contributed by atoms with Crippen molar-refractivity contribution in [3.63, 3.8) is 0 Å². The molecule has 2 heterocycles. The molecule has 7 nitrogen and oxygen atoms in total. The van der Waals surface area contributed by atoms with Crippen molar-refractivity contribution in [2.75, 3.05) is 37.4 Å². The summed E-state index contributed by atoms with van der Waals surface area (Å²) in [6, 6.07) is 2.16. The minimum absolute atomic E-state index is 0.386. The summed E-state index contributed by atoms with van der Waals surface area (Å²) in [5.74, 6) is 0.612. The Morgan fingerprint density at radius 2 is 2.00 bits per heavy atom. The van der Waals surface area contributed by atoms with Gasteiger partial charge in [0.2, 0.25) is 0 Å². The highest BCUT2D eigenvalue weighted by Crippen LogP contribution is 2.27. The third-order valence-corrected chi connectivity index (χ3v) is 4.22. The maximum atomic E-state index is 12.0. The topological polar surface area (TPSA) is 74.8 Å². The van der Waals surface area contributed by atoms with Crippen LogP contribution in [0.2, 0.25) is 0 Å². The molecule has 0 radical (unpaired) electrons. The molecule has 0 aromatic carbocycles. The van der Waals surface area contributed by atoms with Gasteiger partial charge in [-0.15, -0.1) is 0 Å². The van der Waals surface area contributed by atoms with Crippen LogP contribution < -0.4 is 10.2 Å². The Morgan fingerprint density at radius 3 is 2.52 bits per heavy atom. The number of nitrogens with one attached hydrogen (secondary N) is 1. The number of aldehydes is 1. The van der Waals surface area contributed by atoms with Crippen LogP contribution >= 0.6 is 0 Å². The summed E-state index contributed by atoms with van der Waals surface area (Å²) in [5.41, 5.74) is 0.204. The van der Waals surface area contributed by atoms with E-state index < -0.39 is 11.7 Å². The summed E-state index contributed by atoms with van der Waals surface area (Å²) in [6.45, 7) is 7.03. The number of rotatable bonds is 4. The maximum Gasteiger partial charge on any atom is 0.412 e. The molecular formula is C18H28N4O3. The lowest BCUT2D eigenvalue weighted by atomic mass is 10.0. The monoisotopic (exact) mass is 348 g/mol. The van der Waals surface area contributed by atoms with Crippen LogP contribution in [0.1, 0.15) is 44.0 Å². The number of carbonyl (C=O) groups excluding carboxylic acids is 2. The summed E-state index contributed by atoms with van der Waals surface area (Å²) in [4.78, 5) is 32.4. The second-order valence-electron chi connectivity index (χ2n) is 7.52. The first-order valence-electron chi connectivity index (χ1n) is 8.57. The van der Waals surface area contributed by atoms with Crippen molar-refractivity contribution < 1.29 is 14.3 Å². The number of ether oxygens (including phenoxy) is 1. The first kappa shape index (κ1) is 19.2. The highest BCUT2D eigenvalue weighted by atomic mass is 16.6. The number of anilines is 2. The molecule has 138 valence electrons. The van der Waals surface area contributed by atoms with Gasteiger partial charge < -0.3 is 14.5 Å². The molecule has 1 aliphatic rings. The van der Waals surface area contributed by atoms with E-state index in [4.69, 9.17) is 4.74 Å². The molecule has 7 heteroatoms. The molecular weight excluding hydrogens is 320 g/mol. The number of amides is 1. The summed E-state index contributed by atoms with van der Waals surface area (Å²) in [5, 5.41) is 2.66. The molecule has 2 rings (SSSR count). The lowest BCUT2D eigenvalue weighted by molar-refractivity contribution is 0.0636. The van der Waals surface area contributed by atoms with E-state index in [0.29, 0.717) is 23.1 Å². The normalized spacial score (nSPS) is 16.0. The van der Waals surface area contributed by atoms with Gasteiger partial charge in [-0.2, -0.15) is 0 Å². The van der Waals surface area contributed by atoms with Crippen LogP contribution in [-0.2, 0) is 4.74 Å². The van der Waals surface area contributed by atoms with Crippen LogP contribution in [0.5, 0.6) is 0 Å². The van der Waals surface area contributed by atoms with Gasteiger partial charge in [0.25, 0.3) is 0 Å². The Labute approximate surface area is 149 Å². The number of hydrogen-bond donors (Lipinski definition) is 1. The van der Waals surface area contributed by atoms with Gasteiger partial charge in [-0.25, -0.2) is 9.78 Å². The molecule has 0 aliphatic carbocycles. The maximum absolute atomic E-state index is 12.0. The van der Waals surface area contributed by atoms with E-state index >= 15 is 0 Å². The van der Waals surface area contributed by atoms with E-state index in [2.05, 4.69) is 34.2 Å². The van der Waals surface area contributed by atoms with Gasteiger partial charge >= 0.3 is 6.09 Å². The Bertz CT molecular complexity index is 617. The zero-order valence-electron chi connectivity index (χ0n) is 15.7. The molecule has 1 N–H and O–H groups in total. The predicted octanol–water partition coefficient (Wildman–Crippen LogP) is 2.77. The number of carbonyl (C=O) groups is 2. The molecule has 0 atom stereocenters. The van der Waals surface area contributed by atoms with Crippen LogP contribution in [-0.4, -0.2) is 61.1 Å². The van der Waals surface area contributed by atoms with Crippen molar-refractivity contribution in [2.45, 2.75) is 45.3 Å². The van der Waals surface area contributed by atoms with E-state index in [0.717, 1.165) is 32.2 Å². The van der Waals surface area contributed by atoms with Gasteiger partial charge in [0.15, 0.2) is 6.29 Å². The van der Waals surface area contributed by atoms with Crippen molar-refractivity contribution in [1.82, 2.24) is 9.88 Å². The van der Waals surface area contributed by atoms with Gasteiger partial charge in [-0.3, -0.25) is 10.1 Å². The molecule has 1 saturated heterocycles. The van der Waals surface area contributed by atoms with Crippen molar-refractivity contribution in [3.8, 4) is 0 Å². The lowest BCUT2D eigenvalue weighted by Crippen LogP contribution is -2.42. The summed E-state index contributed by atoms with van der Waals surface area (Å²) in [6.07, 6.45) is 3.78. The number of nitrogens with zero attached hydrogens (tertiary/aromatic N) is 3. The number of hydrogen-bond acceptors (Lipinski definition) is 6. The fourth-order valence-electron chi connectivity index (χ4n) is 2.95. The van der Waals surface area contributed by atoms with E-state index in [9.17, 15) is 9.59 Å². The van der Waals surface area contributed by atoms with Gasteiger partial charge in [-0.1, -0.05) is 0 Å². The Morgan fingerprint density at radius 1 is 1.36 bits per heavy atom. The van der Waals surface area contributed by atoms with Crippen molar-refractivity contribution >= 4 is 23.9 Å². The molecule has 1 aliphatic heterocycles. The van der Waals surface area contributed by atoms with Gasteiger partial charge in [-0.05, 0) is 53.8 Å². The number of pyridine rings is 1. The molecule has 1 fully saturated rings. The highest BCUT2D eigenvalue weighted by molar-refractivity contribution is 5.97. The Kier molecular flexibility index (Phi) is 6.00. The van der Waals surface area contributed by atoms with E-state index in [1.54, 1.807) is 33.0 Å². The minimum Gasteiger partial charge on any atom is -0.444 e. The largest absolute Gasteiger partial charge is 0.444 e. The van der Waals surface area contributed by atoms with E-state index in [-0.39, 0.29) is 0 Å². The van der Waals surface area contributed by atoms with Crippen LogP contribution in [0, 0.1) is 0 Å². The SMILES string of the molecule is CN(C)C1CCN(c2nccc(NC(=O)OC(C)(C)C)c2C=O)CC1. The quantitative estimate of drug-likeness (QED) is 0.844. The zero-order chi connectivity index (χ0) is 18.6. The Hall–Kier alpha value is -2.15. The lowest BCUT2D eigenvalue weighted by Gasteiger charge is -2.36. The van der Waals surface area contributed by atoms with Gasteiger partial charge in [0, 0.05) is 25.3 Å². The smallest absolute Gasteiger partial charge is 0.412 e. The first-order valence-corrected chi connectivity index (χ1v) is 8.57. The van der Waals surface area contributed by atoms with Gasteiger partial charge in [0.05, 0.1) is 11.3 Å². The van der Waals surface area contributed by atoms with Crippen molar-refractivity contribution in [3.05, 3.63) is 17.8 Å². The van der Waals surface area contributed by atoms with Crippen LogP contribution in [0.25, 0.3) is 0 Å². The second-order valence-corrected chi connectivity index (χ2v) is 7.52. The fraction of sp³-hybridized carbons (Fsp3) is 0.611. The summed E-state index contributed by atoms with van der Waals surface area (Å²) >= 11 is 0. The number of aromatic nitrogens is 1. The Balaban J connectivity index is 2.16. The van der Waals surface area contributed by atoms with Gasteiger partial charge in [0.1, 0.15) is 11.4 Å². The molecule has 0 unspecified atom stereocenters. The third-order valence-electron chi connectivity index (χ3n) is 4.22. The average molecular weight is 348 g/mol. The summed E-state index contributed by atoms with van der Waals surface area (Å²) in [7, 11) is 4.17. The molecule has 25 heavy (non-hydrogen) atoms. The molecule has 0 saturated carbocycles. The number of piperidine rings is 1. The van der Waals surface area contributed by atoms with Crippen LogP contribution in [0.4, 0.5) is 16.3 Å². The van der Waals surface area contributed by atoms with Crippen LogP contribution in [0.15, 0.2) is 12.3 Å². The van der Waals surface area contributed by atoms with Crippen LogP contribution in [0.3, 0.4) is 0 Å². The highest BCUT2D eigenvalue weighted by Gasteiger charge is 2.25. The zero-order valence-corrected chi connectivity index (χ0v) is 15.7. The molecule has 0 spiro atoms. The molecule has 1 aromatic heterocycles. The second kappa shape index (κ2) is 7.82. The standard InChI is InChI=1S/C18H28N4O3/c1-18(2,3)25-17(24)20-15-6-9-19-16(14(15)12-23)22-10-7-13(8-11-22)21(4)5/h6,9,12-13H,7-8,10-11H2,1-5H3,(H,19,20,24). The first-order chi connectivity index (χ1) is 11.7. The van der Waals surface area contributed by atoms with Crippen molar-refractivity contribution in [2.24, 2.45) is 0 Å². The fourth-order valence-corrected chi connectivity index (χ4v) is 2.95.